The van der Waals surface area contributed by atoms with Crippen LogP contribution in [0.4, 0.5) is 0 Å². The highest BCUT2D eigenvalue weighted by molar-refractivity contribution is 7.88. The summed E-state index contributed by atoms with van der Waals surface area (Å²) < 4.78 is 33.9. The van der Waals surface area contributed by atoms with Crippen LogP contribution in [-0.2, 0) is 34.3 Å². The standard InChI is InChI=1S/C33H49N5O3SSi/c1-42(39,40)37-17-13-26(14-18-37)32-31-22-29(23-34-33(31)38(35-32)24-41-19-20-43(2,3)4)28-8-7-25-9-11-30(12-10-27(25)21-28)36-15-5-6-16-36/h7-8,21-23,26,30H,5-6,9-20,24H2,1-4H3. The largest absolute Gasteiger partial charge is 0.359 e. The molecule has 0 spiro atoms. The van der Waals surface area contributed by atoms with Crippen molar-refractivity contribution in [2.24, 2.45) is 0 Å². The van der Waals surface area contributed by atoms with Gasteiger partial charge in [0.2, 0.25) is 10.0 Å². The number of hydrogen-bond acceptors (Lipinski definition) is 6. The van der Waals surface area contributed by atoms with Crippen molar-refractivity contribution < 1.29 is 13.2 Å². The normalized spacial score (nSPS) is 21.3. The van der Waals surface area contributed by atoms with Gasteiger partial charge in [-0.3, -0.25) is 0 Å². The van der Waals surface area contributed by atoms with E-state index in [4.69, 9.17) is 14.8 Å². The number of aromatic nitrogens is 3. The highest BCUT2D eigenvalue weighted by Crippen LogP contribution is 2.36. The minimum atomic E-state index is -3.18. The van der Waals surface area contributed by atoms with Gasteiger partial charge in [-0.15, -0.1) is 0 Å². The molecule has 1 atom stereocenters. The van der Waals surface area contributed by atoms with Gasteiger partial charge in [0, 0.05) is 56.9 Å². The third-order valence-corrected chi connectivity index (χ3v) is 12.8. The number of rotatable bonds is 9. The number of benzene rings is 1. The third kappa shape index (κ3) is 7.25. The molecule has 3 aromatic rings. The average Bonchev–Trinajstić information content (AvgIpc) is 3.58. The molecule has 4 heterocycles. The Labute approximate surface area is 258 Å². The molecule has 0 amide bonds. The van der Waals surface area contributed by atoms with Gasteiger partial charge in [0.1, 0.15) is 6.73 Å². The monoisotopic (exact) mass is 623 g/mol. The first-order valence-electron chi connectivity index (χ1n) is 16.3. The molecule has 2 saturated heterocycles. The highest BCUT2D eigenvalue weighted by Gasteiger charge is 2.30. The lowest BCUT2D eigenvalue weighted by atomic mass is 9.92. The summed E-state index contributed by atoms with van der Waals surface area (Å²) in [6, 6.07) is 11.1. The van der Waals surface area contributed by atoms with E-state index in [1.54, 1.807) is 4.31 Å². The molecule has 0 radical (unpaired) electrons. The number of nitrogens with zero attached hydrogens (tertiary/aromatic N) is 5. The van der Waals surface area contributed by atoms with Crippen molar-refractivity contribution in [3.05, 3.63) is 47.3 Å². The number of likely N-dealkylation sites (tertiary alicyclic amines) is 1. The van der Waals surface area contributed by atoms with Gasteiger partial charge in [-0.2, -0.15) is 5.10 Å². The molecule has 234 valence electrons. The van der Waals surface area contributed by atoms with Gasteiger partial charge >= 0.3 is 0 Å². The van der Waals surface area contributed by atoms with E-state index in [0.29, 0.717) is 25.9 Å². The van der Waals surface area contributed by atoms with Crippen LogP contribution in [0.25, 0.3) is 22.2 Å². The zero-order valence-corrected chi connectivity index (χ0v) is 28.3. The second kappa shape index (κ2) is 12.7. The van der Waals surface area contributed by atoms with E-state index < -0.39 is 18.1 Å². The van der Waals surface area contributed by atoms with E-state index in [9.17, 15) is 8.42 Å². The van der Waals surface area contributed by atoms with Crippen molar-refractivity contribution in [1.29, 1.82) is 0 Å². The van der Waals surface area contributed by atoms with Crippen LogP contribution in [-0.4, -0.2) is 85.5 Å². The average molecular weight is 624 g/mol. The van der Waals surface area contributed by atoms with Gasteiger partial charge in [0.15, 0.2) is 5.65 Å². The van der Waals surface area contributed by atoms with Crippen molar-refractivity contribution in [2.75, 3.05) is 39.0 Å². The fraction of sp³-hybridized carbons (Fsp3) is 0.636. The predicted octanol–water partition coefficient (Wildman–Crippen LogP) is 5.89. The molecule has 0 saturated carbocycles. The third-order valence-electron chi connectivity index (χ3n) is 9.83. The Morgan fingerprint density at radius 2 is 1.65 bits per heavy atom. The first kappa shape index (κ1) is 30.9. The summed E-state index contributed by atoms with van der Waals surface area (Å²) in [5.41, 5.74) is 7.18. The van der Waals surface area contributed by atoms with Crippen LogP contribution in [0.15, 0.2) is 30.5 Å². The van der Waals surface area contributed by atoms with Crippen LogP contribution in [0.5, 0.6) is 0 Å². The topological polar surface area (TPSA) is 80.6 Å². The van der Waals surface area contributed by atoms with Crippen LogP contribution in [0.3, 0.4) is 0 Å². The molecule has 1 aromatic carbocycles. The molecule has 8 nitrogen and oxygen atoms in total. The molecule has 0 N–H and O–H groups in total. The summed E-state index contributed by atoms with van der Waals surface area (Å²) in [4.78, 5) is 7.69. The van der Waals surface area contributed by atoms with E-state index in [2.05, 4.69) is 48.8 Å². The lowest BCUT2D eigenvalue weighted by Crippen LogP contribution is -2.37. The highest BCUT2D eigenvalue weighted by atomic mass is 32.2. The SMILES string of the molecule is C[Si](C)(C)CCOCn1nc(C2CCN(S(C)(=O)=O)CC2)c2cc(-c3ccc4c(c3)CCC(N3CCCC3)CC4)cnc21. The zero-order chi connectivity index (χ0) is 30.2. The summed E-state index contributed by atoms with van der Waals surface area (Å²) in [5, 5.41) is 6.13. The minimum absolute atomic E-state index is 0.190. The van der Waals surface area contributed by atoms with Crippen molar-refractivity contribution >= 4 is 29.1 Å². The minimum Gasteiger partial charge on any atom is -0.359 e. The zero-order valence-electron chi connectivity index (χ0n) is 26.5. The van der Waals surface area contributed by atoms with Gasteiger partial charge in [-0.05, 0) is 93.3 Å². The lowest BCUT2D eigenvalue weighted by molar-refractivity contribution is 0.0807. The van der Waals surface area contributed by atoms with Gasteiger partial charge in [0.25, 0.3) is 0 Å². The van der Waals surface area contributed by atoms with Crippen LogP contribution < -0.4 is 0 Å². The van der Waals surface area contributed by atoms with Crippen molar-refractivity contribution in [3.8, 4) is 11.1 Å². The summed E-state index contributed by atoms with van der Waals surface area (Å²) in [6.45, 7) is 11.8. The van der Waals surface area contributed by atoms with Crippen LogP contribution >= 0.6 is 0 Å². The van der Waals surface area contributed by atoms with E-state index in [0.717, 1.165) is 60.6 Å². The number of ether oxygens (including phenoxy) is 1. The number of pyridine rings is 1. The first-order chi connectivity index (χ1) is 20.5. The second-order valence-corrected chi connectivity index (χ2v) is 21.8. The Morgan fingerprint density at radius 3 is 2.35 bits per heavy atom. The van der Waals surface area contributed by atoms with E-state index in [1.165, 1.54) is 61.7 Å². The van der Waals surface area contributed by atoms with E-state index >= 15 is 0 Å². The number of fused-ring (bicyclic) bond motifs is 2. The predicted molar refractivity (Wildman–Crippen MR) is 177 cm³/mol. The summed E-state index contributed by atoms with van der Waals surface area (Å²) >= 11 is 0. The Kier molecular flexibility index (Phi) is 9.13. The molecular formula is C33H49N5O3SSi. The van der Waals surface area contributed by atoms with Crippen LogP contribution in [0.1, 0.15) is 61.3 Å². The molecule has 3 aliphatic rings. The summed E-state index contributed by atoms with van der Waals surface area (Å²) in [7, 11) is -4.37. The molecule has 1 unspecified atom stereocenters. The molecular weight excluding hydrogens is 575 g/mol. The van der Waals surface area contributed by atoms with Gasteiger partial charge in [-0.1, -0.05) is 37.8 Å². The Balaban J connectivity index is 1.27. The fourth-order valence-corrected chi connectivity index (χ4v) is 8.80. The van der Waals surface area contributed by atoms with Crippen LogP contribution in [0, 0.1) is 0 Å². The molecule has 2 fully saturated rings. The fourth-order valence-electron chi connectivity index (χ4n) is 7.17. The van der Waals surface area contributed by atoms with Crippen molar-refractivity contribution in [1.82, 2.24) is 24.0 Å². The van der Waals surface area contributed by atoms with Crippen molar-refractivity contribution in [3.63, 3.8) is 0 Å². The number of aryl methyl sites for hydroxylation is 2. The molecule has 6 rings (SSSR count). The van der Waals surface area contributed by atoms with Gasteiger partial charge in [-0.25, -0.2) is 22.4 Å². The Morgan fingerprint density at radius 1 is 0.930 bits per heavy atom. The molecule has 2 aromatic heterocycles. The lowest BCUT2D eigenvalue weighted by Gasteiger charge is -2.29. The van der Waals surface area contributed by atoms with E-state index in [-0.39, 0.29) is 5.92 Å². The summed E-state index contributed by atoms with van der Waals surface area (Å²) in [5.74, 6) is 0.190. The summed E-state index contributed by atoms with van der Waals surface area (Å²) in [6.07, 6.45) is 12.3. The Hall–Kier alpha value is -2.11. The molecule has 43 heavy (non-hydrogen) atoms. The maximum atomic E-state index is 12.2. The molecule has 10 heteroatoms. The van der Waals surface area contributed by atoms with Crippen LogP contribution in [0.2, 0.25) is 25.7 Å². The smallest absolute Gasteiger partial charge is 0.211 e. The van der Waals surface area contributed by atoms with Gasteiger partial charge < -0.3 is 9.64 Å². The van der Waals surface area contributed by atoms with Gasteiger partial charge in [0.05, 0.1) is 11.9 Å². The number of sulfonamides is 1. The quantitative estimate of drug-likeness (QED) is 0.168. The first-order valence-corrected chi connectivity index (χ1v) is 21.9. The maximum absolute atomic E-state index is 12.2. The number of piperidine rings is 1. The molecule has 1 aliphatic carbocycles. The number of hydrogen-bond donors (Lipinski definition) is 0. The Bertz CT molecular complexity index is 1540. The molecule has 2 aliphatic heterocycles. The maximum Gasteiger partial charge on any atom is 0.211 e. The molecule has 0 bridgehead atoms. The van der Waals surface area contributed by atoms with Crippen molar-refractivity contribution in [2.45, 2.75) is 95.7 Å². The van der Waals surface area contributed by atoms with E-state index in [1.807, 2.05) is 10.9 Å². The second-order valence-electron chi connectivity index (χ2n) is 14.2.